The first-order chi connectivity index (χ1) is 10.6. The van der Waals surface area contributed by atoms with Crippen molar-refractivity contribution in [3.8, 4) is 0 Å². The second-order valence-corrected chi connectivity index (χ2v) is 6.48. The molecule has 1 aliphatic carbocycles. The molecule has 0 aliphatic heterocycles. The van der Waals surface area contributed by atoms with Crippen LogP contribution in [0.5, 0.6) is 0 Å². The molecule has 2 unspecified atom stereocenters. The number of amides is 2. The lowest BCUT2D eigenvalue weighted by Crippen LogP contribution is -2.37. The number of thiazole rings is 1. The molecule has 2 amide bonds. The van der Waals surface area contributed by atoms with Crippen molar-refractivity contribution in [2.75, 3.05) is 5.32 Å². The van der Waals surface area contributed by atoms with Gasteiger partial charge in [0.15, 0.2) is 5.13 Å². The summed E-state index contributed by atoms with van der Waals surface area (Å²) in [4.78, 5) is 16.3. The maximum absolute atomic E-state index is 11.9. The standard InChI is InChI=1S/C15H19N3O3S/c1-9(7-12(19)13-3-2-6-21-13)16-14(20)18-15-17-11(8-22-15)10-4-5-10/h2-3,6,8-10,12,19H,4-5,7H2,1H3,(H2,16,17,18,20). The predicted octanol–water partition coefficient (Wildman–Crippen LogP) is 3.25. The van der Waals surface area contributed by atoms with Crippen LogP contribution in [-0.2, 0) is 0 Å². The maximum Gasteiger partial charge on any atom is 0.321 e. The van der Waals surface area contributed by atoms with Gasteiger partial charge in [-0.2, -0.15) is 0 Å². The van der Waals surface area contributed by atoms with Crippen LogP contribution in [0.4, 0.5) is 9.93 Å². The number of aromatic nitrogens is 1. The molecule has 2 atom stereocenters. The van der Waals surface area contributed by atoms with Gasteiger partial charge < -0.3 is 14.8 Å². The van der Waals surface area contributed by atoms with Crippen LogP contribution in [0, 0.1) is 0 Å². The summed E-state index contributed by atoms with van der Waals surface area (Å²) in [5, 5.41) is 18.1. The zero-order valence-corrected chi connectivity index (χ0v) is 13.1. The smallest absolute Gasteiger partial charge is 0.321 e. The Morgan fingerprint density at radius 1 is 1.59 bits per heavy atom. The Bertz CT molecular complexity index is 622. The molecule has 0 spiro atoms. The molecule has 1 saturated carbocycles. The number of aliphatic hydroxyl groups excluding tert-OH is 1. The van der Waals surface area contributed by atoms with Crippen molar-refractivity contribution in [1.82, 2.24) is 10.3 Å². The lowest BCUT2D eigenvalue weighted by molar-refractivity contribution is 0.130. The lowest BCUT2D eigenvalue weighted by atomic mass is 10.1. The molecule has 2 heterocycles. The van der Waals surface area contributed by atoms with Crippen LogP contribution in [0.1, 0.15) is 49.7 Å². The summed E-state index contributed by atoms with van der Waals surface area (Å²) < 4.78 is 5.14. The molecule has 3 N–H and O–H groups in total. The highest BCUT2D eigenvalue weighted by Gasteiger charge is 2.26. The summed E-state index contributed by atoms with van der Waals surface area (Å²) in [6, 6.07) is 2.94. The zero-order valence-electron chi connectivity index (χ0n) is 12.3. The summed E-state index contributed by atoms with van der Waals surface area (Å²) in [6.45, 7) is 1.84. The maximum atomic E-state index is 11.9. The van der Waals surface area contributed by atoms with E-state index in [0.717, 1.165) is 5.69 Å². The number of carbonyl (C=O) groups is 1. The van der Waals surface area contributed by atoms with E-state index in [4.69, 9.17) is 4.42 Å². The third-order valence-corrected chi connectivity index (χ3v) is 4.34. The number of nitrogens with zero attached hydrogens (tertiary/aromatic N) is 1. The van der Waals surface area contributed by atoms with E-state index in [0.29, 0.717) is 23.2 Å². The summed E-state index contributed by atoms with van der Waals surface area (Å²) >= 11 is 1.44. The van der Waals surface area contributed by atoms with Gasteiger partial charge in [0.2, 0.25) is 0 Å². The highest BCUT2D eigenvalue weighted by Crippen LogP contribution is 2.40. The van der Waals surface area contributed by atoms with Crippen LogP contribution < -0.4 is 10.6 Å². The normalized spacial score (nSPS) is 17.0. The van der Waals surface area contributed by atoms with Crippen molar-refractivity contribution in [1.29, 1.82) is 0 Å². The highest BCUT2D eigenvalue weighted by atomic mass is 32.1. The van der Waals surface area contributed by atoms with E-state index in [1.54, 1.807) is 12.1 Å². The Hall–Kier alpha value is -1.86. The molecule has 1 fully saturated rings. The first kappa shape index (κ1) is 15.1. The van der Waals surface area contributed by atoms with Gasteiger partial charge in [-0.15, -0.1) is 11.3 Å². The Labute approximate surface area is 132 Å². The van der Waals surface area contributed by atoms with Crippen molar-refractivity contribution < 1.29 is 14.3 Å². The average Bonchev–Trinajstić information content (AvgIpc) is 2.99. The summed E-state index contributed by atoms with van der Waals surface area (Å²) in [6.07, 6.45) is 3.55. The number of rotatable bonds is 6. The number of hydrogen-bond donors (Lipinski definition) is 3. The van der Waals surface area contributed by atoms with E-state index in [1.165, 1.54) is 30.4 Å². The van der Waals surface area contributed by atoms with Crippen molar-refractivity contribution in [2.24, 2.45) is 0 Å². The summed E-state index contributed by atoms with van der Waals surface area (Å²) in [5.41, 5.74) is 1.07. The third-order valence-electron chi connectivity index (χ3n) is 3.56. The number of furan rings is 1. The lowest BCUT2D eigenvalue weighted by Gasteiger charge is -2.16. The van der Waals surface area contributed by atoms with E-state index in [2.05, 4.69) is 15.6 Å². The number of nitrogens with one attached hydrogen (secondary N) is 2. The SMILES string of the molecule is CC(CC(O)c1ccco1)NC(=O)Nc1nc(C2CC2)cs1. The Kier molecular flexibility index (Phi) is 4.44. The molecule has 0 radical (unpaired) electrons. The van der Waals surface area contributed by atoms with Gasteiger partial charge in [0.1, 0.15) is 11.9 Å². The molecule has 118 valence electrons. The summed E-state index contributed by atoms with van der Waals surface area (Å²) in [7, 11) is 0. The Balaban J connectivity index is 1.45. The monoisotopic (exact) mass is 321 g/mol. The van der Waals surface area contributed by atoms with E-state index in [9.17, 15) is 9.90 Å². The van der Waals surface area contributed by atoms with Crippen LogP contribution in [-0.4, -0.2) is 22.2 Å². The van der Waals surface area contributed by atoms with Crippen LogP contribution in [0.3, 0.4) is 0 Å². The Morgan fingerprint density at radius 2 is 2.41 bits per heavy atom. The van der Waals surface area contributed by atoms with Gasteiger partial charge in [-0.05, 0) is 31.9 Å². The molecular weight excluding hydrogens is 302 g/mol. The molecule has 22 heavy (non-hydrogen) atoms. The van der Waals surface area contributed by atoms with Crippen molar-refractivity contribution >= 4 is 22.5 Å². The second kappa shape index (κ2) is 6.50. The highest BCUT2D eigenvalue weighted by molar-refractivity contribution is 7.13. The van der Waals surface area contributed by atoms with Gasteiger partial charge >= 0.3 is 6.03 Å². The van der Waals surface area contributed by atoms with Crippen LogP contribution in [0.2, 0.25) is 0 Å². The molecule has 2 aromatic heterocycles. The fourth-order valence-electron chi connectivity index (χ4n) is 2.26. The largest absolute Gasteiger partial charge is 0.467 e. The zero-order chi connectivity index (χ0) is 15.5. The van der Waals surface area contributed by atoms with Gasteiger partial charge in [0.05, 0.1) is 12.0 Å². The first-order valence-corrected chi connectivity index (χ1v) is 8.24. The van der Waals surface area contributed by atoms with Crippen molar-refractivity contribution in [3.63, 3.8) is 0 Å². The first-order valence-electron chi connectivity index (χ1n) is 7.36. The van der Waals surface area contributed by atoms with Gasteiger partial charge in [-0.3, -0.25) is 5.32 Å². The molecule has 0 aromatic carbocycles. The minimum Gasteiger partial charge on any atom is -0.467 e. The van der Waals surface area contributed by atoms with Gasteiger partial charge in [-0.25, -0.2) is 9.78 Å². The van der Waals surface area contributed by atoms with Crippen LogP contribution in [0.25, 0.3) is 0 Å². The number of anilines is 1. The fourth-order valence-corrected chi connectivity index (χ4v) is 3.05. The van der Waals surface area contributed by atoms with Crippen molar-refractivity contribution in [3.05, 3.63) is 35.2 Å². The molecule has 0 bridgehead atoms. The van der Waals surface area contributed by atoms with Crippen LogP contribution >= 0.6 is 11.3 Å². The van der Waals surface area contributed by atoms with Crippen LogP contribution in [0.15, 0.2) is 28.2 Å². The number of hydrogen-bond acceptors (Lipinski definition) is 5. The second-order valence-electron chi connectivity index (χ2n) is 5.62. The molecule has 0 saturated heterocycles. The molecule has 7 heteroatoms. The molecule has 3 rings (SSSR count). The number of aliphatic hydroxyl groups is 1. The quantitative estimate of drug-likeness (QED) is 0.762. The van der Waals surface area contributed by atoms with E-state index < -0.39 is 6.10 Å². The van der Waals surface area contributed by atoms with E-state index >= 15 is 0 Å². The molecule has 6 nitrogen and oxygen atoms in total. The molecular formula is C15H19N3O3S. The number of carbonyl (C=O) groups excluding carboxylic acids is 1. The predicted molar refractivity (Wildman–Crippen MR) is 84.0 cm³/mol. The van der Waals surface area contributed by atoms with E-state index in [-0.39, 0.29) is 12.1 Å². The summed E-state index contributed by atoms with van der Waals surface area (Å²) in [5.74, 6) is 1.08. The Morgan fingerprint density at radius 3 is 3.09 bits per heavy atom. The van der Waals surface area contributed by atoms with E-state index in [1.807, 2.05) is 12.3 Å². The minimum atomic E-state index is -0.730. The number of urea groups is 1. The van der Waals surface area contributed by atoms with Gasteiger partial charge in [-0.1, -0.05) is 0 Å². The fraction of sp³-hybridized carbons (Fsp3) is 0.467. The molecule has 1 aliphatic rings. The van der Waals surface area contributed by atoms with Crippen molar-refractivity contribution in [2.45, 2.75) is 44.2 Å². The molecule has 2 aromatic rings. The topological polar surface area (TPSA) is 87.4 Å². The third kappa shape index (κ3) is 3.86. The van der Waals surface area contributed by atoms with Gasteiger partial charge in [0, 0.05) is 23.8 Å². The minimum absolute atomic E-state index is 0.192. The van der Waals surface area contributed by atoms with Gasteiger partial charge in [0.25, 0.3) is 0 Å². The average molecular weight is 321 g/mol.